The van der Waals surface area contributed by atoms with Crippen LogP contribution in [0.25, 0.3) is 0 Å². The lowest BCUT2D eigenvalue weighted by Gasteiger charge is -2.32. The van der Waals surface area contributed by atoms with Gasteiger partial charge in [0.1, 0.15) is 0 Å². The molecular formula is C15H24N4. The highest BCUT2D eigenvalue weighted by atomic mass is 15.3. The summed E-state index contributed by atoms with van der Waals surface area (Å²) in [4.78, 5) is 9.27. The van der Waals surface area contributed by atoms with Gasteiger partial charge in [0.05, 0.1) is 0 Å². The van der Waals surface area contributed by atoms with Crippen molar-refractivity contribution in [1.29, 1.82) is 0 Å². The van der Waals surface area contributed by atoms with Gasteiger partial charge in [0.2, 0.25) is 0 Å². The van der Waals surface area contributed by atoms with Crippen LogP contribution in [0.15, 0.2) is 24.5 Å². The Balaban J connectivity index is 1.77. The van der Waals surface area contributed by atoms with Gasteiger partial charge in [-0.3, -0.25) is 14.8 Å². The number of nitrogens with zero attached hydrogens (tertiary/aromatic N) is 3. The second kappa shape index (κ2) is 5.57. The Labute approximate surface area is 115 Å². The molecular weight excluding hydrogens is 236 g/mol. The minimum atomic E-state index is 0.343. The van der Waals surface area contributed by atoms with Crippen molar-refractivity contribution in [3.05, 3.63) is 30.1 Å². The number of likely N-dealkylation sites (tertiary alicyclic amines) is 1. The summed E-state index contributed by atoms with van der Waals surface area (Å²) in [6.45, 7) is 3.00. The van der Waals surface area contributed by atoms with Crippen molar-refractivity contribution in [2.75, 3.05) is 26.7 Å². The Hall–Kier alpha value is -0.970. The molecule has 3 unspecified atom stereocenters. The molecule has 19 heavy (non-hydrogen) atoms. The second-order valence-electron chi connectivity index (χ2n) is 5.87. The van der Waals surface area contributed by atoms with Crippen molar-refractivity contribution < 1.29 is 0 Å². The van der Waals surface area contributed by atoms with Gasteiger partial charge in [0.25, 0.3) is 0 Å². The Bertz CT molecular complexity index is 408. The molecule has 2 N–H and O–H groups in total. The van der Waals surface area contributed by atoms with E-state index in [1.54, 1.807) is 0 Å². The SMILES string of the molecule is CN1C2CCC1CN(C(CN)c1ccncc1)CC2. The van der Waals surface area contributed by atoms with Gasteiger partial charge in [0.15, 0.2) is 0 Å². The summed E-state index contributed by atoms with van der Waals surface area (Å²) in [5.74, 6) is 0. The smallest absolute Gasteiger partial charge is 0.0472 e. The maximum atomic E-state index is 6.04. The van der Waals surface area contributed by atoms with E-state index in [0.29, 0.717) is 18.6 Å². The van der Waals surface area contributed by atoms with E-state index in [0.717, 1.165) is 19.1 Å². The van der Waals surface area contributed by atoms with E-state index in [2.05, 4.69) is 34.0 Å². The summed E-state index contributed by atoms with van der Waals surface area (Å²) < 4.78 is 0. The van der Waals surface area contributed by atoms with Crippen molar-refractivity contribution in [3.63, 3.8) is 0 Å². The Morgan fingerprint density at radius 2 is 2.00 bits per heavy atom. The summed E-state index contributed by atoms with van der Waals surface area (Å²) in [6, 6.07) is 6.04. The molecule has 2 aliphatic rings. The minimum absolute atomic E-state index is 0.343. The first kappa shape index (κ1) is 13.0. The lowest BCUT2D eigenvalue weighted by Crippen LogP contribution is -2.40. The normalized spacial score (nSPS) is 30.2. The van der Waals surface area contributed by atoms with Crippen molar-refractivity contribution in [3.8, 4) is 0 Å². The molecule has 4 heteroatoms. The Morgan fingerprint density at radius 1 is 1.26 bits per heavy atom. The molecule has 0 aromatic carbocycles. The zero-order chi connectivity index (χ0) is 13.2. The number of likely N-dealkylation sites (N-methyl/N-ethyl adjacent to an activating group) is 1. The first-order valence-electron chi connectivity index (χ1n) is 7.35. The molecule has 4 nitrogen and oxygen atoms in total. The van der Waals surface area contributed by atoms with Gasteiger partial charge >= 0.3 is 0 Å². The molecule has 3 atom stereocenters. The van der Waals surface area contributed by atoms with E-state index in [-0.39, 0.29) is 0 Å². The van der Waals surface area contributed by atoms with Crippen LogP contribution in [0.3, 0.4) is 0 Å². The van der Waals surface area contributed by atoms with Crippen molar-refractivity contribution >= 4 is 0 Å². The zero-order valence-corrected chi connectivity index (χ0v) is 11.7. The number of nitrogens with two attached hydrogens (primary N) is 1. The predicted molar refractivity (Wildman–Crippen MR) is 76.8 cm³/mol. The van der Waals surface area contributed by atoms with Crippen LogP contribution in [0.5, 0.6) is 0 Å². The third-order valence-electron chi connectivity index (χ3n) is 4.93. The van der Waals surface area contributed by atoms with Crippen molar-refractivity contribution in [2.24, 2.45) is 5.73 Å². The fraction of sp³-hybridized carbons (Fsp3) is 0.667. The fourth-order valence-corrected chi connectivity index (χ4v) is 3.70. The number of aromatic nitrogens is 1. The molecule has 2 bridgehead atoms. The standard InChI is InChI=1S/C15H24N4/c1-18-13-2-3-14(18)11-19(9-6-13)15(10-16)12-4-7-17-8-5-12/h4-5,7-8,13-15H,2-3,6,9-11,16H2,1H3. The number of pyridine rings is 1. The maximum Gasteiger partial charge on any atom is 0.0472 e. The molecule has 1 aromatic rings. The summed E-state index contributed by atoms with van der Waals surface area (Å²) >= 11 is 0. The molecule has 3 rings (SSSR count). The molecule has 3 heterocycles. The van der Waals surface area contributed by atoms with E-state index in [1.165, 1.54) is 24.8 Å². The number of hydrogen-bond donors (Lipinski definition) is 1. The summed E-state index contributed by atoms with van der Waals surface area (Å²) in [5, 5.41) is 0. The highest BCUT2D eigenvalue weighted by Gasteiger charge is 2.36. The van der Waals surface area contributed by atoms with Gasteiger partial charge in [-0.25, -0.2) is 0 Å². The van der Waals surface area contributed by atoms with Crippen molar-refractivity contribution in [1.82, 2.24) is 14.8 Å². The van der Waals surface area contributed by atoms with Crippen LogP contribution in [-0.2, 0) is 0 Å². The fourth-order valence-electron chi connectivity index (χ4n) is 3.70. The van der Waals surface area contributed by atoms with Crippen LogP contribution >= 0.6 is 0 Å². The molecule has 0 radical (unpaired) electrons. The molecule has 0 amide bonds. The van der Waals surface area contributed by atoms with E-state index in [1.807, 2.05) is 12.4 Å². The lowest BCUT2D eigenvalue weighted by atomic mass is 10.0. The van der Waals surface area contributed by atoms with Crippen molar-refractivity contribution in [2.45, 2.75) is 37.4 Å². The monoisotopic (exact) mass is 260 g/mol. The van der Waals surface area contributed by atoms with Gasteiger partial charge in [0, 0.05) is 50.2 Å². The van der Waals surface area contributed by atoms with E-state index in [9.17, 15) is 0 Å². The van der Waals surface area contributed by atoms with Gasteiger partial charge in [-0.05, 0) is 44.0 Å². The lowest BCUT2D eigenvalue weighted by molar-refractivity contribution is 0.175. The van der Waals surface area contributed by atoms with Crippen LogP contribution in [0.4, 0.5) is 0 Å². The third-order valence-corrected chi connectivity index (χ3v) is 4.93. The first-order valence-corrected chi connectivity index (χ1v) is 7.35. The Morgan fingerprint density at radius 3 is 2.74 bits per heavy atom. The molecule has 0 aliphatic carbocycles. The highest BCUT2D eigenvalue weighted by molar-refractivity contribution is 5.16. The summed E-state index contributed by atoms with van der Waals surface area (Å²) in [6.07, 6.45) is 7.72. The third kappa shape index (κ3) is 2.53. The molecule has 2 saturated heterocycles. The molecule has 2 aliphatic heterocycles. The number of fused-ring (bicyclic) bond motifs is 2. The molecule has 1 aromatic heterocycles. The predicted octanol–water partition coefficient (Wildman–Crippen LogP) is 1.25. The van der Waals surface area contributed by atoms with Crippen LogP contribution in [0, 0.1) is 0 Å². The average Bonchev–Trinajstić information content (AvgIpc) is 2.68. The minimum Gasteiger partial charge on any atom is -0.329 e. The molecule has 2 fully saturated rings. The van der Waals surface area contributed by atoms with Crippen LogP contribution in [0.1, 0.15) is 30.9 Å². The molecule has 104 valence electrons. The summed E-state index contributed by atoms with van der Waals surface area (Å²) in [7, 11) is 2.29. The number of rotatable bonds is 3. The quantitative estimate of drug-likeness (QED) is 0.888. The van der Waals surface area contributed by atoms with Gasteiger partial charge < -0.3 is 5.73 Å². The first-order chi connectivity index (χ1) is 9.29. The van der Waals surface area contributed by atoms with Gasteiger partial charge in [-0.15, -0.1) is 0 Å². The van der Waals surface area contributed by atoms with Gasteiger partial charge in [-0.1, -0.05) is 0 Å². The van der Waals surface area contributed by atoms with Crippen LogP contribution in [-0.4, -0.2) is 53.5 Å². The van der Waals surface area contributed by atoms with E-state index in [4.69, 9.17) is 5.73 Å². The van der Waals surface area contributed by atoms with E-state index < -0.39 is 0 Å². The zero-order valence-electron chi connectivity index (χ0n) is 11.7. The van der Waals surface area contributed by atoms with E-state index >= 15 is 0 Å². The molecule has 0 saturated carbocycles. The maximum absolute atomic E-state index is 6.04. The largest absolute Gasteiger partial charge is 0.329 e. The van der Waals surface area contributed by atoms with Crippen LogP contribution in [0.2, 0.25) is 0 Å². The number of hydrogen-bond acceptors (Lipinski definition) is 4. The average molecular weight is 260 g/mol. The topological polar surface area (TPSA) is 45.4 Å². The second-order valence-corrected chi connectivity index (χ2v) is 5.87. The van der Waals surface area contributed by atoms with Crippen LogP contribution < -0.4 is 5.73 Å². The summed E-state index contributed by atoms with van der Waals surface area (Å²) in [5.41, 5.74) is 7.35. The highest BCUT2D eigenvalue weighted by Crippen LogP contribution is 2.31. The van der Waals surface area contributed by atoms with Gasteiger partial charge in [-0.2, -0.15) is 0 Å². The Kier molecular flexibility index (Phi) is 3.82. The molecule has 0 spiro atoms.